The van der Waals surface area contributed by atoms with Crippen molar-refractivity contribution in [3.05, 3.63) is 84.4 Å². The van der Waals surface area contributed by atoms with E-state index in [1.807, 2.05) is 36.5 Å². The Morgan fingerprint density at radius 3 is 2.56 bits per heavy atom. The summed E-state index contributed by atoms with van der Waals surface area (Å²) >= 11 is 0. The van der Waals surface area contributed by atoms with Crippen molar-refractivity contribution in [2.24, 2.45) is 11.8 Å². The van der Waals surface area contributed by atoms with Gasteiger partial charge in [0.05, 0.1) is 24.0 Å². The number of ketones is 1. The number of hydrogen-bond donors (Lipinski definition) is 0. The van der Waals surface area contributed by atoms with Gasteiger partial charge < -0.3 is 4.57 Å². The summed E-state index contributed by atoms with van der Waals surface area (Å²) in [7, 11) is 0. The molecule has 0 atom stereocenters. The highest BCUT2D eigenvalue weighted by Crippen LogP contribution is 2.34. The lowest BCUT2D eigenvalue weighted by Crippen LogP contribution is -2.35. The van der Waals surface area contributed by atoms with Crippen molar-refractivity contribution >= 4 is 16.7 Å². The second-order valence-electron chi connectivity index (χ2n) is 10.5. The largest absolute Gasteiger partial charge is 0.326 e. The Labute approximate surface area is 213 Å². The van der Waals surface area contributed by atoms with Crippen LogP contribution in [0.4, 0.5) is 0 Å². The molecule has 36 heavy (non-hydrogen) atoms. The minimum absolute atomic E-state index is 0.274. The highest BCUT2D eigenvalue weighted by atomic mass is 16.1. The quantitative estimate of drug-likeness (QED) is 0.289. The summed E-state index contributed by atoms with van der Waals surface area (Å²) in [6, 6.07) is 20.4. The van der Waals surface area contributed by atoms with Crippen LogP contribution in [-0.4, -0.2) is 38.3 Å². The summed E-state index contributed by atoms with van der Waals surface area (Å²) < 4.78 is 2.39. The van der Waals surface area contributed by atoms with Crippen LogP contribution in [0.2, 0.25) is 0 Å². The molecule has 2 aromatic carbocycles. The molecular formula is C31H34N4O. The molecule has 3 heterocycles. The van der Waals surface area contributed by atoms with E-state index in [-0.39, 0.29) is 5.78 Å². The molecule has 5 heteroatoms. The Hall–Kier alpha value is -3.31. The molecule has 0 bridgehead atoms. The highest BCUT2D eigenvalue weighted by molar-refractivity contribution is 6.07. The zero-order valence-corrected chi connectivity index (χ0v) is 20.9. The van der Waals surface area contributed by atoms with Gasteiger partial charge in [-0.25, -0.2) is 4.98 Å². The molecule has 0 saturated heterocycles. The fourth-order valence-electron chi connectivity index (χ4n) is 6.15. The SMILES string of the molecule is O=C(CC1CCC(CCN2CCn3c(-c4ccccc4)cnc3C2)CC1)c1cccc2ncccc12. The van der Waals surface area contributed by atoms with E-state index < -0.39 is 0 Å². The van der Waals surface area contributed by atoms with Crippen LogP contribution in [0.3, 0.4) is 0 Å². The molecule has 5 nitrogen and oxygen atoms in total. The van der Waals surface area contributed by atoms with Gasteiger partial charge in [0.2, 0.25) is 0 Å². The van der Waals surface area contributed by atoms with E-state index in [1.165, 1.54) is 49.2 Å². The Morgan fingerprint density at radius 2 is 1.69 bits per heavy atom. The molecule has 0 unspecified atom stereocenters. The lowest BCUT2D eigenvalue weighted by atomic mass is 9.78. The monoisotopic (exact) mass is 478 g/mol. The number of carbonyl (C=O) groups is 1. The lowest BCUT2D eigenvalue weighted by Gasteiger charge is -2.32. The van der Waals surface area contributed by atoms with Gasteiger partial charge in [0, 0.05) is 36.7 Å². The highest BCUT2D eigenvalue weighted by Gasteiger charge is 2.26. The van der Waals surface area contributed by atoms with Gasteiger partial charge in [0.25, 0.3) is 0 Å². The molecule has 1 fully saturated rings. The molecule has 0 amide bonds. The van der Waals surface area contributed by atoms with E-state index in [4.69, 9.17) is 4.98 Å². The third-order valence-electron chi connectivity index (χ3n) is 8.25. The smallest absolute Gasteiger partial charge is 0.163 e. The van der Waals surface area contributed by atoms with Gasteiger partial charge in [0.1, 0.15) is 5.82 Å². The molecule has 0 spiro atoms. The second kappa shape index (κ2) is 10.4. The van der Waals surface area contributed by atoms with Crippen LogP contribution in [0.1, 0.15) is 54.7 Å². The molecule has 0 N–H and O–H groups in total. The molecule has 1 saturated carbocycles. The number of hydrogen-bond acceptors (Lipinski definition) is 4. The van der Waals surface area contributed by atoms with E-state index in [1.54, 1.807) is 6.20 Å². The Bertz CT molecular complexity index is 1330. The third-order valence-corrected chi connectivity index (χ3v) is 8.25. The maximum absolute atomic E-state index is 13.1. The van der Waals surface area contributed by atoms with Gasteiger partial charge in [-0.15, -0.1) is 0 Å². The number of imidazole rings is 1. The van der Waals surface area contributed by atoms with Crippen molar-refractivity contribution in [2.75, 3.05) is 13.1 Å². The number of rotatable bonds is 7. The van der Waals surface area contributed by atoms with Crippen LogP contribution >= 0.6 is 0 Å². The first-order valence-electron chi connectivity index (χ1n) is 13.4. The first kappa shape index (κ1) is 23.1. The average Bonchev–Trinajstić information content (AvgIpc) is 3.36. The van der Waals surface area contributed by atoms with Crippen molar-refractivity contribution in [3.63, 3.8) is 0 Å². The van der Waals surface area contributed by atoms with Gasteiger partial charge in [-0.1, -0.05) is 61.4 Å². The number of aromatic nitrogens is 3. The van der Waals surface area contributed by atoms with Gasteiger partial charge in [-0.05, 0) is 55.3 Å². The van der Waals surface area contributed by atoms with Crippen LogP contribution in [0.15, 0.2) is 73.1 Å². The summed E-state index contributed by atoms with van der Waals surface area (Å²) in [4.78, 5) is 24.8. The molecule has 1 aliphatic carbocycles. The predicted octanol–water partition coefficient (Wildman–Crippen LogP) is 6.38. The average molecular weight is 479 g/mol. The van der Waals surface area contributed by atoms with E-state index in [0.717, 1.165) is 48.6 Å². The Kier molecular flexibility index (Phi) is 6.65. The maximum atomic E-state index is 13.1. The summed E-state index contributed by atoms with van der Waals surface area (Å²) in [5.41, 5.74) is 4.22. The third kappa shape index (κ3) is 4.85. The zero-order valence-electron chi connectivity index (χ0n) is 20.9. The topological polar surface area (TPSA) is 51.0 Å². The number of carbonyl (C=O) groups excluding carboxylic acids is 1. The fraction of sp³-hybridized carbons (Fsp3) is 0.387. The minimum Gasteiger partial charge on any atom is -0.326 e. The molecular weight excluding hydrogens is 444 g/mol. The normalized spacial score (nSPS) is 20.3. The number of pyridine rings is 1. The van der Waals surface area contributed by atoms with Gasteiger partial charge in [-0.3, -0.25) is 14.7 Å². The van der Waals surface area contributed by atoms with Crippen molar-refractivity contribution in [3.8, 4) is 11.3 Å². The van der Waals surface area contributed by atoms with Crippen LogP contribution in [-0.2, 0) is 13.1 Å². The first-order valence-corrected chi connectivity index (χ1v) is 13.4. The van der Waals surface area contributed by atoms with Crippen LogP contribution in [0.25, 0.3) is 22.2 Å². The molecule has 2 aromatic heterocycles. The minimum atomic E-state index is 0.274. The van der Waals surface area contributed by atoms with Gasteiger partial charge >= 0.3 is 0 Å². The molecule has 1 aliphatic heterocycles. The van der Waals surface area contributed by atoms with E-state index in [9.17, 15) is 4.79 Å². The standard InChI is InChI=1S/C31H34N4O/c36-30(27-8-4-10-28-26(27)9-5-16-32-28)20-24-13-11-23(12-14-24)15-17-34-18-19-35-29(21-33-31(35)22-34)25-6-2-1-3-7-25/h1-10,16,21,23-24H,11-15,17-20,22H2. The number of fused-ring (bicyclic) bond motifs is 2. The number of benzene rings is 2. The van der Waals surface area contributed by atoms with E-state index in [0.29, 0.717) is 12.3 Å². The Balaban J connectivity index is 0.982. The molecule has 4 aromatic rings. The molecule has 6 rings (SSSR count). The zero-order chi connectivity index (χ0) is 24.3. The lowest BCUT2D eigenvalue weighted by molar-refractivity contribution is 0.0941. The summed E-state index contributed by atoms with van der Waals surface area (Å²) in [6.07, 6.45) is 10.6. The molecule has 184 valence electrons. The van der Waals surface area contributed by atoms with E-state index in [2.05, 4.69) is 44.8 Å². The van der Waals surface area contributed by atoms with Gasteiger partial charge in [0.15, 0.2) is 5.78 Å². The molecule has 2 aliphatic rings. The van der Waals surface area contributed by atoms with Crippen molar-refractivity contribution in [1.82, 2.24) is 19.4 Å². The number of nitrogens with zero attached hydrogens (tertiary/aromatic N) is 4. The van der Waals surface area contributed by atoms with Crippen LogP contribution < -0.4 is 0 Å². The fourth-order valence-corrected chi connectivity index (χ4v) is 6.15. The Morgan fingerprint density at radius 1 is 0.861 bits per heavy atom. The maximum Gasteiger partial charge on any atom is 0.163 e. The predicted molar refractivity (Wildman–Crippen MR) is 144 cm³/mol. The van der Waals surface area contributed by atoms with Crippen molar-refractivity contribution < 1.29 is 4.79 Å². The van der Waals surface area contributed by atoms with Gasteiger partial charge in [-0.2, -0.15) is 0 Å². The first-order chi connectivity index (χ1) is 17.7. The van der Waals surface area contributed by atoms with E-state index >= 15 is 0 Å². The van der Waals surface area contributed by atoms with Crippen LogP contribution in [0.5, 0.6) is 0 Å². The summed E-state index contributed by atoms with van der Waals surface area (Å²) in [6.45, 7) is 4.19. The summed E-state index contributed by atoms with van der Waals surface area (Å²) in [5, 5.41) is 0.983. The second-order valence-corrected chi connectivity index (χ2v) is 10.5. The van der Waals surface area contributed by atoms with Crippen LogP contribution in [0, 0.1) is 11.8 Å². The number of Topliss-reactive ketones (excluding diaryl/α,β-unsaturated/α-hetero) is 1. The molecule has 0 radical (unpaired) electrons. The van der Waals surface area contributed by atoms with Crippen molar-refractivity contribution in [2.45, 2.75) is 51.6 Å². The van der Waals surface area contributed by atoms with Crippen molar-refractivity contribution in [1.29, 1.82) is 0 Å². The summed E-state index contributed by atoms with van der Waals surface area (Å²) in [5.74, 6) is 2.75.